The van der Waals surface area contributed by atoms with Crippen molar-refractivity contribution in [3.63, 3.8) is 0 Å². The summed E-state index contributed by atoms with van der Waals surface area (Å²) in [5, 5.41) is 0.601. The zero-order valence-corrected chi connectivity index (χ0v) is 16.6. The van der Waals surface area contributed by atoms with Gasteiger partial charge in [-0.15, -0.1) is 0 Å². The highest BCUT2D eigenvalue weighted by atomic mass is 35.5. The molecule has 0 amide bonds. The van der Waals surface area contributed by atoms with E-state index < -0.39 is 10.0 Å². The van der Waals surface area contributed by atoms with Gasteiger partial charge in [0.1, 0.15) is 0 Å². The van der Waals surface area contributed by atoms with Crippen LogP contribution in [0.1, 0.15) is 38.9 Å². The summed E-state index contributed by atoms with van der Waals surface area (Å²) >= 11 is 6.02. The third kappa shape index (κ3) is 3.51. The molecule has 0 saturated carbocycles. The molecule has 0 unspecified atom stereocenters. The zero-order valence-electron chi connectivity index (χ0n) is 15.0. The van der Waals surface area contributed by atoms with Gasteiger partial charge < -0.3 is 0 Å². The Hall–Kier alpha value is -1.36. The van der Waals surface area contributed by atoms with Gasteiger partial charge in [-0.05, 0) is 92.6 Å². The second-order valence-electron chi connectivity index (χ2n) is 6.35. The maximum Gasteiger partial charge on any atom is 0.241 e. The van der Waals surface area contributed by atoms with E-state index >= 15 is 0 Å². The van der Waals surface area contributed by atoms with Gasteiger partial charge >= 0.3 is 0 Å². The number of benzene rings is 2. The summed E-state index contributed by atoms with van der Waals surface area (Å²) in [5.74, 6) is 0. The molecule has 2 rings (SSSR count). The normalized spacial score (nSPS) is 11.8. The Bertz CT molecular complexity index is 873. The van der Waals surface area contributed by atoms with Gasteiger partial charge in [0, 0.05) is 11.6 Å². The van der Waals surface area contributed by atoms with Crippen molar-refractivity contribution in [2.24, 2.45) is 0 Å². The highest BCUT2D eigenvalue weighted by Gasteiger charge is 2.23. The Morgan fingerprint density at radius 2 is 1.38 bits per heavy atom. The molecule has 2 aromatic carbocycles. The van der Waals surface area contributed by atoms with Crippen molar-refractivity contribution in [2.75, 3.05) is 0 Å². The molecule has 0 bridgehead atoms. The number of halogens is 1. The van der Waals surface area contributed by atoms with E-state index in [4.69, 9.17) is 11.6 Å². The topological polar surface area (TPSA) is 46.2 Å². The highest BCUT2D eigenvalue weighted by molar-refractivity contribution is 7.89. The van der Waals surface area contributed by atoms with Gasteiger partial charge in [-0.2, -0.15) is 0 Å². The number of sulfonamides is 1. The first-order chi connectivity index (χ1) is 11.1. The second-order valence-corrected chi connectivity index (χ2v) is 8.49. The lowest BCUT2D eigenvalue weighted by Gasteiger charge is -2.19. The van der Waals surface area contributed by atoms with Gasteiger partial charge in [0.2, 0.25) is 10.0 Å². The van der Waals surface area contributed by atoms with Gasteiger partial charge in [-0.25, -0.2) is 13.1 Å². The van der Waals surface area contributed by atoms with Crippen molar-refractivity contribution in [1.29, 1.82) is 0 Å². The summed E-state index contributed by atoms with van der Waals surface area (Å²) in [4.78, 5) is 0.391. The average molecular weight is 366 g/mol. The minimum atomic E-state index is -3.60. The Balaban J connectivity index is 2.44. The molecule has 0 aromatic heterocycles. The number of nitrogens with one attached hydrogen (secondary N) is 1. The fraction of sp³-hybridized carbons (Fsp3) is 0.368. The van der Waals surface area contributed by atoms with Crippen molar-refractivity contribution in [2.45, 2.75) is 53.0 Å². The Kier molecular flexibility index (Phi) is 5.43. The predicted molar refractivity (Wildman–Crippen MR) is 100 cm³/mol. The molecule has 2 aromatic rings. The second kappa shape index (κ2) is 6.87. The summed E-state index contributed by atoms with van der Waals surface area (Å²) < 4.78 is 28.6. The van der Waals surface area contributed by atoms with Crippen LogP contribution in [-0.4, -0.2) is 8.42 Å². The van der Waals surface area contributed by atoms with E-state index in [0.29, 0.717) is 9.92 Å². The molecule has 0 heterocycles. The molecule has 0 fully saturated rings. The largest absolute Gasteiger partial charge is 0.241 e. The first-order valence-electron chi connectivity index (χ1n) is 7.88. The molecule has 0 aliphatic heterocycles. The quantitative estimate of drug-likeness (QED) is 0.855. The molecule has 0 radical (unpaired) electrons. The Morgan fingerprint density at radius 1 is 0.875 bits per heavy atom. The Morgan fingerprint density at radius 3 is 1.92 bits per heavy atom. The van der Waals surface area contributed by atoms with Crippen LogP contribution >= 0.6 is 11.6 Å². The third-order valence-corrected chi connectivity index (χ3v) is 6.87. The van der Waals surface area contributed by atoms with Crippen LogP contribution in [0.4, 0.5) is 0 Å². The molecular formula is C19H24ClNO2S. The smallest absolute Gasteiger partial charge is 0.207 e. The molecule has 0 aliphatic rings. The van der Waals surface area contributed by atoms with E-state index in [0.717, 1.165) is 38.9 Å². The SMILES string of the molecule is Cc1ccc(Cl)cc1CNS(=O)(=O)c1c(C)c(C)c(C)c(C)c1C. The minimum Gasteiger partial charge on any atom is -0.207 e. The van der Waals surface area contributed by atoms with E-state index in [2.05, 4.69) is 4.72 Å². The zero-order chi connectivity index (χ0) is 18.2. The van der Waals surface area contributed by atoms with E-state index in [1.54, 1.807) is 12.1 Å². The van der Waals surface area contributed by atoms with Gasteiger partial charge in [0.05, 0.1) is 4.90 Å². The Labute approximate surface area is 150 Å². The summed E-state index contributed by atoms with van der Waals surface area (Å²) in [6.45, 7) is 11.9. The van der Waals surface area contributed by atoms with E-state index in [-0.39, 0.29) is 6.54 Å². The standard InChI is InChI=1S/C19H24ClNO2S/c1-11-7-8-18(20)9-17(11)10-21-24(22,23)19-15(5)13(3)12(2)14(4)16(19)6/h7-9,21H,10H2,1-6H3. The monoisotopic (exact) mass is 365 g/mol. The van der Waals surface area contributed by atoms with Crippen LogP contribution in [0, 0.1) is 41.5 Å². The summed E-state index contributed by atoms with van der Waals surface area (Å²) in [7, 11) is -3.60. The molecule has 1 N–H and O–H groups in total. The fourth-order valence-electron chi connectivity index (χ4n) is 2.94. The average Bonchev–Trinajstić information content (AvgIpc) is 2.52. The van der Waals surface area contributed by atoms with E-state index in [1.807, 2.05) is 47.6 Å². The lowest BCUT2D eigenvalue weighted by Crippen LogP contribution is -2.26. The molecule has 24 heavy (non-hydrogen) atoms. The van der Waals surface area contributed by atoms with Gasteiger partial charge in [-0.1, -0.05) is 17.7 Å². The molecule has 130 valence electrons. The van der Waals surface area contributed by atoms with Crippen LogP contribution in [0.3, 0.4) is 0 Å². The van der Waals surface area contributed by atoms with Crippen molar-refractivity contribution >= 4 is 21.6 Å². The molecule has 0 atom stereocenters. The number of hydrogen-bond donors (Lipinski definition) is 1. The fourth-order valence-corrected chi connectivity index (χ4v) is 4.74. The molecule has 0 aliphatic carbocycles. The van der Waals surface area contributed by atoms with Gasteiger partial charge in [0.15, 0.2) is 0 Å². The highest BCUT2D eigenvalue weighted by Crippen LogP contribution is 2.29. The maximum atomic E-state index is 12.9. The van der Waals surface area contributed by atoms with Crippen molar-refractivity contribution < 1.29 is 8.42 Å². The molecule has 0 spiro atoms. The number of rotatable bonds is 4. The maximum absolute atomic E-state index is 12.9. The van der Waals surface area contributed by atoms with Crippen molar-refractivity contribution in [3.05, 3.63) is 62.2 Å². The van der Waals surface area contributed by atoms with E-state index in [9.17, 15) is 8.42 Å². The molecular weight excluding hydrogens is 342 g/mol. The minimum absolute atomic E-state index is 0.222. The van der Waals surface area contributed by atoms with Crippen LogP contribution in [0.15, 0.2) is 23.1 Å². The van der Waals surface area contributed by atoms with E-state index in [1.165, 1.54) is 0 Å². The molecule has 0 saturated heterocycles. The lowest BCUT2D eigenvalue weighted by molar-refractivity contribution is 0.579. The van der Waals surface area contributed by atoms with Crippen LogP contribution in [0.25, 0.3) is 0 Å². The summed E-state index contributed by atoms with van der Waals surface area (Å²) in [5.41, 5.74) is 6.70. The lowest BCUT2D eigenvalue weighted by atomic mass is 9.95. The third-order valence-electron chi connectivity index (χ3n) is 4.96. The van der Waals surface area contributed by atoms with Gasteiger partial charge in [-0.3, -0.25) is 0 Å². The summed E-state index contributed by atoms with van der Waals surface area (Å²) in [6, 6.07) is 5.49. The molecule has 3 nitrogen and oxygen atoms in total. The first-order valence-corrected chi connectivity index (χ1v) is 9.74. The van der Waals surface area contributed by atoms with Crippen LogP contribution < -0.4 is 4.72 Å². The predicted octanol–water partition coefficient (Wildman–Crippen LogP) is 4.67. The summed E-state index contributed by atoms with van der Waals surface area (Å²) in [6.07, 6.45) is 0. The number of hydrogen-bond acceptors (Lipinski definition) is 2. The first kappa shape index (κ1) is 19.0. The van der Waals surface area contributed by atoms with Gasteiger partial charge in [0.25, 0.3) is 0 Å². The van der Waals surface area contributed by atoms with Crippen LogP contribution in [0.2, 0.25) is 5.02 Å². The number of aryl methyl sites for hydroxylation is 1. The van der Waals surface area contributed by atoms with Crippen LogP contribution in [-0.2, 0) is 16.6 Å². The van der Waals surface area contributed by atoms with Crippen molar-refractivity contribution in [3.8, 4) is 0 Å². The molecule has 5 heteroatoms. The van der Waals surface area contributed by atoms with Crippen molar-refractivity contribution in [1.82, 2.24) is 4.72 Å². The van der Waals surface area contributed by atoms with Crippen LogP contribution in [0.5, 0.6) is 0 Å².